The molecule has 0 aromatic carbocycles. The Morgan fingerprint density at radius 1 is 1.00 bits per heavy atom. The van der Waals surface area contributed by atoms with Crippen molar-refractivity contribution in [3.63, 3.8) is 0 Å². The van der Waals surface area contributed by atoms with Crippen molar-refractivity contribution in [2.75, 3.05) is 0 Å². The molecule has 1 saturated carbocycles. The van der Waals surface area contributed by atoms with Crippen molar-refractivity contribution in [2.24, 2.45) is 5.92 Å². The SMILES string of the molecule is CC1CCCC(I)CCC1. The van der Waals surface area contributed by atoms with Gasteiger partial charge in [0, 0.05) is 3.92 Å². The topological polar surface area (TPSA) is 0 Å². The van der Waals surface area contributed by atoms with Gasteiger partial charge in [0.1, 0.15) is 0 Å². The Kier molecular flexibility index (Phi) is 4.04. The van der Waals surface area contributed by atoms with Gasteiger partial charge in [-0.05, 0) is 18.8 Å². The molecule has 0 aliphatic heterocycles. The van der Waals surface area contributed by atoms with Gasteiger partial charge in [-0.25, -0.2) is 0 Å². The summed E-state index contributed by atoms with van der Waals surface area (Å²) in [5, 5.41) is 0. The van der Waals surface area contributed by atoms with Gasteiger partial charge in [-0.15, -0.1) is 0 Å². The van der Waals surface area contributed by atoms with E-state index in [0.29, 0.717) is 0 Å². The Bertz CT molecular complexity index is 70.7. The van der Waals surface area contributed by atoms with E-state index in [-0.39, 0.29) is 0 Å². The average molecular weight is 252 g/mol. The molecule has 0 amide bonds. The molecule has 1 rings (SSSR count). The first kappa shape index (κ1) is 8.82. The van der Waals surface area contributed by atoms with Crippen molar-refractivity contribution in [2.45, 2.75) is 49.4 Å². The quantitative estimate of drug-likeness (QED) is 0.454. The maximum absolute atomic E-state index is 2.61. The van der Waals surface area contributed by atoms with E-state index >= 15 is 0 Å². The summed E-state index contributed by atoms with van der Waals surface area (Å²) < 4.78 is 0.977. The lowest BCUT2D eigenvalue weighted by molar-refractivity contribution is 0.413. The van der Waals surface area contributed by atoms with Crippen LogP contribution >= 0.6 is 22.6 Å². The fourth-order valence-corrected chi connectivity index (χ4v) is 2.55. The van der Waals surface area contributed by atoms with Crippen LogP contribution < -0.4 is 0 Å². The minimum Gasteiger partial charge on any atom is -0.0826 e. The van der Waals surface area contributed by atoms with E-state index in [2.05, 4.69) is 29.5 Å². The predicted octanol–water partition coefficient (Wildman–Crippen LogP) is 3.78. The molecule has 0 saturated heterocycles. The van der Waals surface area contributed by atoms with Gasteiger partial charge in [0.25, 0.3) is 0 Å². The molecule has 1 heteroatoms. The normalized spacial score (nSPS) is 36.6. The van der Waals surface area contributed by atoms with Gasteiger partial charge in [-0.2, -0.15) is 0 Å². The van der Waals surface area contributed by atoms with Crippen molar-refractivity contribution in [1.82, 2.24) is 0 Å². The van der Waals surface area contributed by atoms with Crippen LogP contribution in [0.4, 0.5) is 0 Å². The van der Waals surface area contributed by atoms with E-state index in [1.165, 1.54) is 38.5 Å². The van der Waals surface area contributed by atoms with Gasteiger partial charge in [-0.3, -0.25) is 0 Å². The fourth-order valence-electron chi connectivity index (χ4n) is 1.66. The molecule has 0 radical (unpaired) electrons. The first-order valence-electron chi connectivity index (χ1n) is 4.43. The number of alkyl halides is 1. The molecule has 0 heterocycles. The number of hydrogen-bond donors (Lipinski definition) is 0. The van der Waals surface area contributed by atoms with E-state index in [4.69, 9.17) is 0 Å². The molecule has 0 nitrogen and oxygen atoms in total. The van der Waals surface area contributed by atoms with Crippen LogP contribution in [0.5, 0.6) is 0 Å². The highest BCUT2D eigenvalue weighted by atomic mass is 127. The zero-order chi connectivity index (χ0) is 7.40. The molecule has 0 N–H and O–H groups in total. The van der Waals surface area contributed by atoms with E-state index in [0.717, 1.165) is 9.84 Å². The van der Waals surface area contributed by atoms with Crippen LogP contribution in [0.15, 0.2) is 0 Å². The summed E-state index contributed by atoms with van der Waals surface area (Å²) in [6, 6.07) is 0. The van der Waals surface area contributed by atoms with Crippen LogP contribution in [0.3, 0.4) is 0 Å². The van der Waals surface area contributed by atoms with E-state index in [1.54, 1.807) is 0 Å². The van der Waals surface area contributed by atoms with Crippen LogP contribution in [-0.4, -0.2) is 3.92 Å². The maximum atomic E-state index is 2.61. The van der Waals surface area contributed by atoms with Gasteiger partial charge in [-0.1, -0.05) is 55.2 Å². The van der Waals surface area contributed by atoms with E-state index in [9.17, 15) is 0 Å². The minimum atomic E-state index is 0.977. The Hall–Kier alpha value is 0.730. The molecular weight excluding hydrogens is 235 g/mol. The van der Waals surface area contributed by atoms with Crippen molar-refractivity contribution in [3.05, 3.63) is 0 Å². The lowest BCUT2D eigenvalue weighted by Gasteiger charge is -2.17. The zero-order valence-electron chi connectivity index (χ0n) is 6.78. The highest BCUT2D eigenvalue weighted by Crippen LogP contribution is 2.25. The van der Waals surface area contributed by atoms with Crippen LogP contribution in [0.1, 0.15) is 45.4 Å². The van der Waals surface area contributed by atoms with Gasteiger partial charge in [0.15, 0.2) is 0 Å². The summed E-state index contributed by atoms with van der Waals surface area (Å²) in [5.74, 6) is 1.00. The second-order valence-electron chi connectivity index (χ2n) is 3.56. The lowest BCUT2D eigenvalue weighted by Crippen LogP contribution is -2.05. The Morgan fingerprint density at radius 2 is 1.50 bits per heavy atom. The molecule has 0 bridgehead atoms. The van der Waals surface area contributed by atoms with Crippen molar-refractivity contribution >= 4 is 22.6 Å². The number of hydrogen-bond acceptors (Lipinski definition) is 0. The third-order valence-corrected chi connectivity index (χ3v) is 3.67. The molecule has 0 unspecified atom stereocenters. The number of halogens is 1. The summed E-state index contributed by atoms with van der Waals surface area (Å²) in [6.07, 6.45) is 8.80. The smallest absolute Gasteiger partial charge is 0.0110 e. The summed E-state index contributed by atoms with van der Waals surface area (Å²) >= 11 is 2.61. The van der Waals surface area contributed by atoms with E-state index in [1.807, 2.05) is 0 Å². The Balaban J connectivity index is 2.21. The largest absolute Gasteiger partial charge is 0.0826 e. The molecule has 0 aromatic rings. The van der Waals surface area contributed by atoms with Crippen molar-refractivity contribution in [1.29, 1.82) is 0 Å². The highest BCUT2D eigenvalue weighted by molar-refractivity contribution is 14.1. The second-order valence-corrected chi connectivity index (χ2v) is 5.33. The molecular formula is C9H17I. The van der Waals surface area contributed by atoms with Crippen LogP contribution in [-0.2, 0) is 0 Å². The lowest BCUT2D eigenvalue weighted by atomic mass is 9.93. The average Bonchev–Trinajstić information content (AvgIpc) is 1.84. The van der Waals surface area contributed by atoms with Gasteiger partial charge < -0.3 is 0 Å². The summed E-state index contributed by atoms with van der Waals surface area (Å²) in [6.45, 7) is 2.40. The monoisotopic (exact) mass is 252 g/mol. The van der Waals surface area contributed by atoms with Gasteiger partial charge in [0.2, 0.25) is 0 Å². The van der Waals surface area contributed by atoms with Crippen LogP contribution in [0, 0.1) is 5.92 Å². The molecule has 1 aliphatic rings. The Labute approximate surface area is 77.9 Å². The predicted molar refractivity (Wildman–Crippen MR) is 54.7 cm³/mol. The maximum Gasteiger partial charge on any atom is 0.0110 e. The van der Waals surface area contributed by atoms with Gasteiger partial charge in [0.05, 0.1) is 0 Å². The molecule has 0 aromatic heterocycles. The summed E-state index contributed by atoms with van der Waals surface area (Å²) in [5.41, 5.74) is 0. The molecule has 0 spiro atoms. The van der Waals surface area contributed by atoms with E-state index < -0.39 is 0 Å². The summed E-state index contributed by atoms with van der Waals surface area (Å²) in [7, 11) is 0. The minimum absolute atomic E-state index is 0.977. The summed E-state index contributed by atoms with van der Waals surface area (Å²) in [4.78, 5) is 0. The molecule has 10 heavy (non-hydrogen) atoms. The molecule has 60 valence electrons. The third kappa shape index (κ3) is 3.22. The van der Waals surface area contributed by atoms with Gasteiger partial charge >= 0.3 is 0 Å². The second kappa shape index (κ2) is 4.58. The highest BCUT2D eigenvalue weighted by Gasteiger charge is 2.10. The third-order valence-electron chi connectivity index (χ3n) is 2.43. The standard InChI is InChI=1S/C9H17I/c1-8-4-2-6-9(10)7-3-5-8/h8-9H,2-7H2,1H3. The molecule has 1 fully saturated rings. The first-order valence-corrected chi connectivity index (χ1v) is 5.67. The molecule has 0 atom stereocenters. The number of rotatable bonds is 0. The van der Waals surface area contributed by atoms with Crippen molar-refractivity contribution < 1.29 is 0 Å². The van der Waals surface area contributed by atoms with Crippen LogP contribution in [0.25, 0.3) is 0 Å². The van der Waals surface area contributed by atoms with Crippen LogP contribution in [0.2, 0.25) is 0 Å². The van der Waals surface area contributed by atoms with Crippen molar-refractivity contribution in [3.8, 4) is 0 Å². The fraction of sp³-hybridized carbons (Fsp3) is 1.00. The Morgan fingerprint density at radius 3 is 2.00 bits per heavy atom. The molecule has 1 aliphatic carbocycles. The zero-order valence-corrected chi connectivity index (χ0v) is 8.93. The first-order chi connectivity index (χ1) is 4.79.